The van der Waals surface area contributed by atoms with Crippen molar-refractivity contribution < 1.29 is 9.32 Å². The maximum Gasteiger partial charge on any atom is 0.227 e. The van der Waals surface area contributed by atoms with E-state index in [9.17, 15) is 4.79 Å². The van der Waals surface area contributed by atoms with Gasteiger partial charge in [0.25, 0.3) is 0 Å². The van der Waals surface area contributed by atoms with Gasteiger partial charge in [0.2, 0.25) is 17.6 Å². The number of nitrogens with zero attached hydrogens (tertiary/aromatic N) is 3. The Kier molecular flexibility index (Phi) is 5.39. The van der Waals surface area contributed by atoms with Gasteiger partial charge in [-0.1, -0.05) is 41.0 Å². The summed E-state index contributed by atoms with van der Waals surface area (Å²) in [6, 6.07) is 22.5. The smallest absolute Gasteiger partial charge is 0.227 e. The Labute approximate surface area is 188 Å². The lowest BCUT2D eigenvalue weighted by molar-refractivity contribution is -0.116. The molecule has 158 valence electrons. The number of fused-ring (bicyclic) bond motifs is 1. The Morgan fingerprint density at radius 3 is 2.59 bits per heavy atom. The Bertz CT molecular complexity index is 1360. The summed E-state index contributed by atoms with van der Waals surface area (Å²) in [6.45, 7) is 0. The molecule has 0 saturated carbocycles. The number of carbonyl (C=O) groups is 1. The summed E-state index contributed by atoms with van der Waals surface area (Å²) >= 11 is 5.91. The monoisotopic (exact) mass is 443 g/mol. The average molecular weight is 444 g/mol. The number of amides is 1. The molecule has 0 aliphatic rings. The lowest BCUT2D eigenvalue weighted by Crippen LogP contribution is -2.13. The van der Waals surface area contributed by atoms with Crippen molar-refractivity contribution in [3.8, 4) is 22.8 Å². The van der Waals surface area contributed by atoms with E-state index in [0.29, 0.717) is 34.7 Å². The second-order valence-electron chi connectivity index (χ2n) is 7.21. The number of para-hydroxylation sites is 3. The topological polar surface area (TPSA) is 96.7 Å². The molecule has 5 aromatic rings. The number of aromatic nitrogens is 4. The van der Waals surface area contributed by atoms with Gasteiger partial charge in [0.1, 0.15) is 5.82 Å². The third-order valence-corrected chi connectivity index (χ3v) is 5.23. The number of hydrogen-bond donors (Lipinski definition) is 2. The van der Waals surface area contributed by atoms with Crippen LogP contribution in [0.3, 0.4) is 0 Å². The zero-order valence-electron chi connectivity index (χ0n) is 16.9. The number of benzene rings is 3. The van der Waals surface area contributed by atoms with Crippen molar-refractivity contribution in [3.05, 3.63) is 83.7 Å². The van der Waals surface area contributed by atoms with Gasteiger partial charge >= 0.3 is 0 Å². The van der Waals surface area contributed by atoms with Gasteiger partial charge in [-0.15, -0.1) is 0 Å². The Morgan fingerprint density at radius 2 is 1.75 bits per heavy atom. The molecule has 0 saturated heterocycles. The fourth-order valence-corrected chi connectivity index (χ4v) is 3.51. The molecule has 7 nitrogen and oxygen atoms in total. The van der Waals surface area contributed by atoms with Crippen LogP contribution in [0.15, 0.2) is 77.3 Å². The Balaban J connectivity index is 1.27. The molecule has 0 atom stereocenters. The van der Waals surface area contributed by atoms with Crippen LogP contribution < -0.4 is 5.32 Å². The molecule has 2 heterocycles. The van der Waals surface area contributed by atoms with Crippen LogP contribution in [0.5, 0.6) is 0 Å². The third-order valence-electron chi connectivity index (χ3n) is 4.98. The number of hydrogen-bond acceptors (Lipinski definition) is 5. The largest absolute Gasteiger partial charge is 0.339 e. The predicted octanol–water partition coefficient (Wildman–Crippen LogP) is 5.50. The van der Waals surface area contributed by atoms with E-state index >= 15 is 0 Å². The molecule has 8 heteroatoms. The summed E-state index contributed by atoms with van der Waals surface area (Å²) in [5.41, 5.74) is 4.12. The average Bonchev–Trinajstić information content (AvgIpc) is 3.46. The van der Waals surface area contributed by atoms with Crippen molar-refractivity contribution in [3.63, 3.8) is 0 Å². The molecule has 0 fully saturated rings. The van der Waals surface area contributed by atoms with Crippen LogP contribution in [0, 0.1) is 0 Å². The molecule has 3 aromatic carbocycles. The van der Waals surface area contributed by atoms with Gasteiger partial charge in [0.15, 0.2) is 0 Å². The maximum atomic E-state index is 12.6. The van der Waals surface area contributed by atoms with Crippen molar-refractivity contribution in [2.45, 2.75) is 12.8 Å². The molecule has 0 aliphatic heterocycles. The third kappa shape index (κ3) is 4.24. The standard InChI is InChI=1S/C24H18ClN5O2/c25-16-11-9-15(10-12-16)23-29-22(32-30-23)14-13-21(31)26-18-6-2-1-5-17(18)24-27-19-7-3-4-8-20(19)28-24/h1-12H,13-14H2,(H,26,31)(H,27,28). The summed E-state index contributed by atoms with van der Waals surface area (Å²) in [5, 5.41) is 7.58. The fraction of sp³-hybridized carbons (Fsp3) is 0.0833. The number of rotatable bonds is 6. The first kappa shape index (κ1) is 20.0. The molecular formula is C24H18ClN5O2. The number of imidazole rings is 1. The van der Waals surface area contributed by atoms with E-state index in [4.69, 9.17) is 16.1 Å². The van der Waals surface area contributed by atoms with E-state index in [2.05, 4.69) is 25.4 Å². The summed E-state index contributed by atoms with van der Waals surface area (Å²) in [6.07, 6.45) is 0.538. The van der Waals surface area contributed by atoms with Crippen molar-refractivity contribution in [1.82, 2.24) is 20.1 Å². The molecular weight excluding hydrogens is 426 g/mol. The van der Waals surface area contributed by atoms with Crippen LogP contribution in [0.2, 0.25) is 5.02 Å². The summed E-state index contributed by atoms with van der Waals surface area (Å²) in [7, 11) is 0. The van der Waals surface area contributed by atoms with Gasteiger partial charge in [0, 0.05) is 29.0 Å². The zero-order valence-corrected chi connectivity index (χ0v) is 17.6. The first-order valence-electron chi connectivity index (χ1n) is 10.1. The van der Waals surface area contributed by atoms with Crippen molar-refractivity contribution in [1.29, 1.82) is 0 Å². The highest BCUT2D eigenvalue weighted by Crippen LogP contribution is 2.27. The Hall–Kier alpha value is -3.97. The number of carbonyl (C=O) groups excluding carboxylic acids is 1. The van der Waals surface area contributed by atoms with Crippen LogP contribution in [0.25, 0.3) is 33.8 Å². The van der Waals surface area contributed by atoms with E-state index in [0.717, 1.165) is 22.2 Å². The van der Waals surface area contributed by atoms with E-state index in [1.54, 1.807) is 12.1 Å². The van der Waals surface area contributed by atoms with Gasteiger partial charge in [-0.3, -0.25) is 4.79 Å². The van der Waals surface area contributed by atoms with E-state index in [-0.39, 0.29) is 12.3 Å². The van der Waals surface area contributed by atoms with Gasteiger partial charge in [-0.25, -0.2) is 4.98 Å². The second kappa shape index (κ2) is 8.64. The maximum absolute atomic E-state index is 12.6. The highest BCUT2D eigenvalue weighted by Gasteiger charge is 2.14. The van der Waals surface area contributed by atoms with Crippen molar-refractivity contribution in [2.24, 2.45) is 0 Å². The number of nitrogens with one attached hydrogen (secondary N) is 2. The molecule has 5 rings (SSSR count). The number of aryl methyl sites for hydroxylation is 1. The summed E-state index contributed by atoms with van der Waals surface area (Å²) in [4.78, 5) is 24.9. The quantitative estimate of drug-likeness (QED) is 0.361. The van der Waals surface area contributed by atoms with E-state index in [1.807, 2.05) is 60.7 Å². The minimum Gasteiger partial charge on any atom is -0.339 e. The fourth-order valence-electron chi connectivity index (χ4n) is 3.38. The lowest BCUT2D eigenvalue weighted by atomic mass is 10.1. The number of H-pyrrole nitrogens is 1. The summed E-state index contributed by atoms with van der Waals surface area (Å²) < 4.78 is 5.29. The highest BCUT2D eigenvalue weighted by atomic mass is 35.5. The second-order valence-corrected chi connectivity index (χ2v) is 7.65. The number of halogens is 1. The SMILES string of the molecule is O=C(CCc1nc(-c2ccc(Cl)cc2)no1)Nc1ccccc1-c1nc2ccccc2[nH]1. The zero-order chi connectivity index (χ0) is 21.9. The molecule has 1 amide bonds. The van der Waals surface area contributed by atoms with Gasteiger partial charge < -0.3 is 14.8 Å². The molecule has 0 spiro atoms. The Morgan fingerprint density at radius 1 is 0.969 bits per heavy atom. The van der Waals surface area contributed by atoms with Crippen LogP contribution in [0.1, 0.15) is 12.3 Å². The number of aromatic amines is 1. The minimum atomic E-state index is -0.153. The van der Waals surface area contributed by atoms with Crippen molar-refractivity contribution in [2.75, 3.05) is 5.32 Å². The molecule has 32 heavy (non-hydrogen) atoms. The van der Waals surface area contributed by atoms with Gasteiger partial charge in [-0.05, 0) is 48.5 Å². The van der Waals surface area contributed by atoms with Crippen LogP contribution >= 0.6 is 11.6 Å². The van der Waals surface area contributed by atoms with Crippen LogP contribution in [-0.4, -0.2) is 26.0 Å². The van der Waals surface area contributed by atoms with Crippen LogP contribution in [-0.2, 0) is 11.2 Å². The molecule has 0 aliphatic carbocycles. The lowest BCUT2D eigenvalue weighted by Gasteiger charge is -2.09. The summed E-state index contributed by atoms with van der Waals surface area (Å²) in [5.74, 6) is 1.41. The van der Waals surface area contributed by atoms with Gasteiger partial charge in [0.05, 0.1) is 16.7 Å². The molecule has 2 N–H and O–H groups in total. The van der Waals surface area contributed by atoms with E-state index < -0.39 is 0 Å². The van der Waals surface area contributed by atoms with Crippen LogP contribution in [0.4, 0.5) is 5.69 Å². The molecule has 0 unspecified atom stereocenters. The molecule has 0 bridgehead atoms. The van der Waals surface area contributed by atoms with Crippen molar-refractivity contribution >= 4 is 34.2 Å². The first-order chi connectivity index (χ1) is 15.7. The molecule has 0 radical (unpaired) electrons. The number of anilines is 1. The normalized spacial score (nSPS) is 11.0. The predicted molar refractivity (Wildman–Crippen MR) is 123 cm³/mol. The van der Waals surface area contributed by atoms with Gasteiger partial charge in [-0.2, -0.15) is 4.98 Å². The minimum absolute atomic E-state index is 0.153. The highest BCUT2D eigenvalue weighted by molar-refractivity contribution is 6.30. The first-order valence-corrected chi connectivity index (χ1v) is 10.5. The molecule has 2 aromatic heterocycles. The van der Waals surface area contributed by atoms with E-state index in [1.165, 1.54) is 0 Å².